The minimum absolute atomic E-state index is 0.948. The van der Waals surface area contributed by atoms with Crippen LogP contribution in [-0.4, -0.2) is 21.0 Å². The smallest absolute Gasteiger partial charge is 0.126 e. The number of pyridine rings is 1. The summed E-state index contributed by atoms with van der Waals surface area (Å²) in [5, 5.41) is 6.99. The first-order chi connectivity index (χ1) is 12.3. The Morgan fingerprint density at radius 2 is 1.76 bits per heavy atom. The van der Waals surface area contributed by atoms with Crippen LogP contribution in [0.2, 0.25) is 0 Å². The Hall–Kier alpha value is -2.85. The Bertz CT molecular complexity index is 1020. The van der Waals surface area contributed by atoms with E-state index in [4.69, 9.17) is 5.10 Å². The molecule has 0 amide bonds. The minimum atomic E-state index is 0.948. The Morgan fingerprint density at radius 3 is 2.52 bits per heavy atom. The van der Waals surface area contributed by atoms with Crippen LogP contribution in [0.3, 0.4) is 0 Å². The zero-order chi connectivity index (χ0) is 17.1. The molecule has 0 fully saturated rings. The van der Waals surface area contributed by atoms with Gasteiger partial charge in [0, 0.05) is 11.6 Å². The van der Waals surface area contributed by atoms with Crippen molar-refractivity contribution in [3.8, 4) is 5.69 Å². The molecule has 122 valence electrons. The lowest BCUT2D eigenvalue weighted by atomic mass is 10.1. The number of hydrogen-bond acceptors (Lipinski definition) is 3. The first kappa shape index (κ1) is 15.7. The van der Waals surface area contributed by atoms with Crippen LogP contribution in [0.4, 0.5) is 0 Å². The van der Waals surface area contributed by atoms with Crippen LogP contribution in [0.1, 0.15) is 11.3 Å². The number of benzene rings is 2. The number of nitrogens with zero attached hydrogens (tertiary/aromatic N) is 3. The molecule has 3 nitrogen and oxygen atoms in total. The van der Waals surface area contributed by atoms with Gasteiger partial charge in [0.15, 0.2) is 0 Å². The highest BCUT2D eigenvalue weighted by atomic mass is 32.2. The Balaban J connectivity index is 1.80. The summed E-state index contributed by atoms with van der Waals surface area (Å²) >= 11 is 1.67. The maximum atomic E-state index is 4.78. The average Bonchev–Trinajstić information content (AvgIpc) is 3.06. The van der Waals surface area contributed by atoms with E-state index in [0.29, 0.717) is 0 Å². The SMILES string of the molecule is CSc1nn(-c2ccccc2)c2cc(/C=C/c3ccccn3)ccc12. The van der Waals surface area contributed by atoms with Gasteiger partial charge in [-0.3, -0.25) is 4.98 Å². The fraction of sp³-hybridized carbons (Fsp3) is 0.0476. The monoisotopic (exact) mass is 343 g/mol. The van der Waals surface area contributed by atoms with Gasteiger partial charge in [-0.15, -0.1) is 11.8 Å². The largest absolute Gasteiger partial charge is 0.257 e. The molecule has 0 saturated heterocycles. The molecule has 0 spiro atoms. The van der Waals surface area contributed by atoms with Crippen molar-refractivity contribution in [3.05, 3.63) is 84.2 Å². The van der Waals surface area contributed by atoms with E-state index < -0.39 is 0 Å². The summed E-state index contributed by atoms with van der Waals surface area (Å²) in [5.41, 5.74) is 4.25. The normalized spacial score (nSPS) is 11.4. The van der Waals surface area contributed by atoms with Gasteiger partial charge in [0.05, 0.1) is 16.9 Å². The van der Waals surface area contributed by atoms with Gasteiger partial charge in [0.1, 0.15) is 5.03 Å². The molecule has 0 saturated carbocycles. The summed E-state index contributed by atoms with van der Waals surface area (Å²) in [5.74, 6) is 0. The van der Waals surface area contributed by atoms with Crippen molar-refractivity contribution in [2.45, 2.75) is 5.03 Å². The van der Waals surface area contributed by atoms with Crippen molar-refractivity contribution in [2.24, 2.45) is 0 Å². The quantitative estimate of drug-likeness (QED) is 0.470. The molecule has 0 atom stereocenters. The number of hydrogen-bond donors (Lipinski definition) is 0. The van der Waals surface area contributed by atoms with Crippen molar-refractivity contribution in [3.63, 3.8) is 0 Å². The van der Waals surface area contributed by atoms with Crippen molar-refractivity contribution >= 4 is 34.8 Å². The second-order valence-corrected chi connectivity index (χ2v) is 6.42. The summed E-state index contributed by atoms with van der Waals surface area (Å²) in [6.07, 6.45) is 7.98. The molecule has 2 aromatic heterocycles. The lowest BCUT2D eigenvalue weighted by Crippen LogP contribution is -1.95. The average molecular weight is 343 g/mol. The van der Waals surface area contributed by atoms with Gasteiger partial charge in [-0.2, -0.15) is 5.10 Å². The number of fused-ring (bicyclic) bond motifs is 1. The fourth-order valence-electron chi connectivity index (χ4n) is 2.78. The van der Waals surface area contributed by atoms with Crippen molar-refractivity contribution in [2.75, 3.05) is 6.26 Å². The van der Waals surface area contributed by atoms with E-state index in [2.05, 4.69) is 47.6 Å². The van der Waals surface area contributed by atoms with Gasteiger partial charge < -0.3 is 0 Å². The molecular weight excluding hydrogens is 326 g/mol. The zero-order valence-corrected chi connectivity index (χ0v) is 14.6. The number of thioether (sulfide) groups is 1. The molecule has 4 aromatic rings. The zero-order valence-electron chi connectivity index (χ0n) is 13.8. The van der Waals surface area contributed by atoms with Crippen molar-refractivity contribution in [1.82, 2.24) is 14.8 Å². The third-order valence-corrected chi connectivity index (χ3v) is 4.69. The van der Waals surface area contributed by atoms with E-state index in [1.165, 1.54) is 5.39 Å². The summed E-state index contributed by atoms with van der Waals surface area (Å²) in [6, 6.07) is 22.6. The van der Waals surface area contributed by atoms with E-state index in [-0.39, 0.29) is 0 Å². The fourth-order valence-corrected chi connectivity index (χ4v) is 3.34. The van der Waals surface area contributed by atoms with E-state index in [1.807, 2.05) is 47.2 Å². The van der Waals surface area contributed by atoms with E-state index >= 15 is 0 Å². The van der Waals surface area contributed by atoms with Gasteiger partial charge in [0.25, 0.3) is 0 Å². The third-order valence-electron chi connectivity index (χ3n) is 4.00. The molecule has 2 aromatic carbocycles. The van der Waals surface area contributed by atoms with Crippen LogP contribution >= 0.6 is 11.8 Å². The Labute approximate surface area is 151 Å². The van der Waals surface area contributed by atoms with Crippen LogP contribution in [0.5, 0.6) is 0 Å². The molecule has 0 aliphatic carbocycles. The van der Waals surface area contributed by atoms with Crippen LogP contribution in [0.25, 0.3) is 28.7 Å². The standard InChI is InChI=1S/C21H17N3S/c1-25-21-19-13-11-16(10-12-17-7-5-6-14-22-17)15-20(19)24(23-21)18-8-3-2-4-9-18/h2-15H,1H3/b12-10+. The summed E-state index contributed by atoms with van der Waals surface area (Å²) in [4.78, 5) is 4.33. The van der Waals surface area contributed by atoms with Gasteiger partial charge in [-0.25, -0.2) is 4.68 Å². The van der Waals surface area contributed by atoms with Gasteiger partial charge in [0.2, 0.25) is 0 Å². The molecule has 0 unspecified atom stereocenters. The predicted octanol–water partition coefficient (Wildman–Crippen LogP) is 5.31. The number of aromatic nitrogens is 3. The second kappa shape index (κ2) is 6.95. The van der Waals surface area contributed by atoms with E-state index in [1.54, 1.807) is 18.0 Å². The third kappa shape index (κ3) is 3.21. The molecule has 0 radical (unpaired) electrons. The summed E-state index contributed by atoms with van der Waals surface area (Å²) < 4.78 is 2.01. The minimum Gasteiger partial charge on any atom is -0.257 e. The van der Waals surface area contributed by atoms with Crippen molar-refractivity contribution < 1.29 is 0 Å². The topological polar surface area (TPSA) is 30.7 Å². The summed E-state index contributed by atoms with van der Waals surface area (Å²) in [6.45, 7) is 0. The highest BCUT2D eigenvalue weighted by molar-refractivity contribution is 7.98. The lowest BCUT2D eigenvalue weighted by Gasteiger charge is -2.03. The maximum Gasteiger partial charge on any atom is 0.126 e. The van der Waals surface area contributed by atoms with Gasteiger partial charge in [-0.05, 0) is 54.3 Å². The predicted molar refractivity (Wildman–Crippen MR) is 106 cm³/mol. The number of rotatable bonds is 4. The van der Waals surface area contributed by atoms with Crippen LogP contribution in [0.15, 0.2) is 78.0 Å². The van der Waals surface area contributed by atoms with Crippen LogP contribution in [0, 0.1) is 0 Å². The second-order valence-electron chi connectivity index (χ2n) is 5.62. The highest BCUT2D eigenvalue weighted by Crippen LogP contribution is 2.29. The Morgan fingerprint density at radius 1 is 0.920 bits per heavy atom. The molecule has 2 heterocycles. The van der Waals surface area contributed by atoms with Crippen LogP contribution < -0.4 is 0 Å². The molecule has 25 heavy (non-hydrogen) atoms. The van der Waals surface area contributed by atoms with E-state index in [9.17, 15) is 0 Å². The molecule has 0 aliphatic heterocycles. The van der Waals surface area contributed by atoms with Crippen LogP contribution in [-0.2, 0) is 0 Å². The van der Waals surface area contributed by atoms with Gasteiger partial charge >= 0.3 is 0 Å². The molecule has 0 N–H and O–H groups in total. The van der Waals surface area contributed by atoms with Crippen molar-refractivity contribution in [1.29, 1.82) is 0 Å². The first-order valence-corrected chi connectivity index (χ1v) is 9.29. The molecule has 0 aliphatic rings. The van der Waals surface area contributed by atoms with Gasteiger partial charge in [-0.1, -0.05) is 36.4 Å². The summed E-state index contributed by atoms with van der Waals surface area (Å²) in [7, 11) is 0. The Kier molecular flexibility index (Phi) is 4.36. The highest BCUT2D eigenvalue weighted by Gasteiger charge is 2.11. The lowest BCUT2D eigenvalue weighted by molar-refractivity contribution is 0.861. The van der Waals surface area contributed by atoms with E-state index in [0.717, 1.165) is 27.5 Å². The molecule has 4 rings (SSSR count). The molecule has 0 bridgehead atoms. The first-order valence-electron chi connectivity index (χ1n) is 8.06. The molecule has 4 heteroatoms. The number of para-hydroxylation sites is 1. The maximum absolute atomic E-state index is 4.78. The molecular formula is C21H17N3S.